The number of aromatic nitrogens is 4. The van der Waals surface area contributed by atoms with Crippen LogP contribution in [-0.2, 0) is 0 Å². The minimum atomic E-state index is -0.200. The molecule has 0 bridgehead atoms. The van der Waals surface area contributed by atoms with Gasteiger partial charge in [0, 0.05) is 0 Å². The van der Waals surface area contributed by atoms with Gasteiger partial charge in [0.25, 0.3) is 5.91 Å². The predicted octanol–water partition coefficient (Wildman–Crippen LogP) is 4.57. The summed E-state index contributed by atoms with van der Waals surface area (Å²) < 4.78 is 1.79. The summed E-state index contributed by atoms with van der Waals surface area (Å²) >= 11 is 0. The first kappa shape index (κ1) is 18.9. The van der Waals surface area contributed by atoms with Gasteiger partial charge in [0.1, 0.15) is 5.82 Å². The van der Waals surface area contributed by atoms with Gasteiger partial charge in [0.05, 0.1) is 40.2 Å². The maximum atomic E-state index is 13.1. The van der Waals surface area contributed by atoms with Gasteiger partial charge < -0.3 is 10.3 Å². The first-order valence-corrected chi connectivity index (χ1v) is 9.88. The van der Waals surface area contributed by atoms with Gasteiger partial charge in [-0.15, -0.1) is 0 Å². The van der Waals surface area contributed by atoms with Gasteiger partial charge in [-0.05, 0) is 43.5 Å². The number of hydrogen-bond acceptors (Lipinski definition) is 3. The average Bonchev–Trinajstić information content (AvgIpc) is 3.31. The summed E-state index contributed by atoms with van der Waals surface area (Å²) in [4.78, 5) is 21.1. The molecule has 2 aromatic carbocycles. The number of H-pyrrole nitrogens is 1. The van der Waals surface area contributed by atoms with E-state index in [1.807, 2.05) is 61.5 Å². The minimum absolute atomic E-state index is 0.143. The van der Waals surface area contributed by atoms with E-state index in [4.69, 9.17) is 4.98 Å². The average molecular weight is 387 g/mol. The molecule has 4 aromatic rings. The van der Waals surface area contributed by atoms with Gasteiger partial charge >= 0.3 is 0 Å². The lowest BCUT2D eigenvalue weighted by Crippen LogP contribution is -2.30. The third kappa shape index (κ3) is 3.92. The van der Waals surface area contributed by atoms with E-state index in [1.165, 1.54) is 0 Å². The molecule has 29 heavy (non-hydrogen) atoms. The number of rotatable bonds is 6. The monoisotopic (exact) mass is 387 g/mol. The quantitative estimate of drug-likeness (QED) is 0.509. The minimum Gasteiger partial charge on any atom is -0.342 e. The topological polar surface area (TPSA) is 75.6 Å². The van der Waals surface area contributed by atoms with Crippen molar-refractivity contribution in [2.75, 3.05) is 0 Å². The molecule has 0 aliphatic rings. The number of nitrogens with zero attached hydrogens (tertiary/aromatic N) is 3. The number of carbonyl (C=O) groups excluding carboxylic acids is 1. The summed E-state index contributed by atoms with van der Waals surface area (Å²) in [6.45, 7) is 6.19. The number of para-hydroxylation sites is 3. The number of fused-ring (bicyclic) bond motifs is 1. The van der Waals surface area contributed by atoms with Crippen LogP contribution in [0, 0.1) is 12.8 Å². The third-order valence-electron chi connectivity index (χ3n) is 5.01. The van der Waals surface area contributed by atoms with Gasteiger partial charge in [-0.1, -0.05) is 44.2 Å². The van der Waals surface area contributed by atoms with Crippen molar-refractivity contribution in [1.29, 1.82) is 0 Å². The van der Waals surface area contributed by atoms with Crippen LogP contribution in [0.25, 0.3) is 16.7 Å². The molecule has 1 atom stereocenters. The molecule has 0 aliphatic heterocycles. The smallest absolute Gasteiger partial charge is 0.255 e. The van der Waals surface area contributed by atoms with Crippen molar-refractivity contribution < 1.29 is 4.79 Å². The lowest BCUT2D eigenvalue weighted by molar-refractivity contribution is 0.0929. The lowest BCUT2D eigenvalue weighted by atomic mass is 10.0. The second kappa shape index (κ2) is 7.91. The highest BCUT2D eigenvalue weighted by Gasteiger charge is 2.23. The Bertz CT molecular complexity index is 1090. The Hall–Kier alpha value is -3.41. The van der Waals surface area contributed by atoms with Crippen LogP contribution in [0.2, 0.25) is 0 Å². The van der Waals surface area contributed by atoms with E-state index in [1.54, 1.807) is 10.9 Å². The van der Waals surface area contributed by atoms with E-state index in [-0.39, 0.29) is 11.9 Å². The fraction of sp³-hybridized carbons (Fsp3) is 0.261. The van der Waals surface area contributed by atoms with Crippen LogP contribution in [0.5, 0.6) is 0 Å². The highest BCUT2D eigenvalue weighted by Crippen LogP contribution is 2.23. The zero-order chi connectivity index (χ0) is 20.4. The van der Waals surface area contributed by atoms with E-state index in [9.17, 15) is 4.79 Å². The fourth-order valence-electron chi connectivity index (χ4n) is 3.55. The summed E-state index contributed by atoms with van der Waals surface area (Å²) in [6.07, 6.45) is 2.42. The molecule has 0 saturated carbocycles. The van der Waals surface area contributed by atoms with E-state index in [0.717, 1.165) is 34.7 Å². The second-order valence-electron chi connectivity index (χ2n) is 7.69. The molecule has 4 rings (SSSR count). The molecule has 0 aliphatic carbocycles. The van der Waals surface area contributed by atoms with Gasteiger partial charge in [-0.25, -0.2) is 9.67 Å². The Morgan fingerprint density at radius 2 is 1.83 bits per heavy atom. The Balaban J connectivity index is 1.61. The van der Waals surface area contributed by atoms with Crippen LogP contribution in [0.1, 0.15) is 48.2 Å². The van der Waals surface area contributed by atoms with Crippen molar-refractivity contribution in [3.05, 3.63) is 77.9 Å². The second-order valence-corrected chi connectivity index (χ2v) is 7.69. The largest absolute Gasteiger partial charge is 0.342 e. The number of carbonyl (C=O) groups is 1. The van der Waals surface area contributed by atoms with Crippen molar-refractivity contribution >= 4 is 16.9 Å². The first-order chi connectivity index (χ1) is 14.0. The maximum absolute atomic E-state index is 13.1. The van der Waals surface area contributed by atoms with Crippen molar-refractivity contribution in [1.82, 2.24) is 25.1 Å². The number of aromatic amines is 1. The molecule has 2 heterocycles. The summed E-state index contributed by atoms with van der Waals surface area (Å²) in [7, 11) is 0. The highest BCUT2D eigenvalue weighted by atomic mass is 16.1. The van der Waals surface area contributed by atoms with Crippen molar-refractivity contribution in [2.45, 2.75) is 33.2 Å². The fourth-order valence-corrected chi connectivity index (χ4v) is 3.55. The van der Waals surface area contributed by atoms with Crippen LogP contribution in [0.15, 0.2) is 60.8 Å². The number of nitrogens with one attached hydrogen (secondary N) is 2. The molecule has 2 N–H and O–H groups in total. The molecule has 1 amide bonds. The van der Waals surface area contributed by atoms with Crippen LogP contribution in [0.3, 0.4) is 0 Å². The number of hydrogen-bond donors (Lipinski definition) is 2. The maximum Gasteiger partial charge on any atom is 0.255 e. The van der Waals surface area contributed by atoms with Gasteiger partial charge in [-0.3, -0.25) is 4.79 Å². The van der Waals surface area contributed by atoms with E-state index >= 15 is 0 Å². The molecule has 0 fully saturated rings. The first-order valence-electron chi connectivity index (χ1n) is 9.88. The molecule has 148 valence electrons. The van der Waals surface area contributed by atoms with Crippen LogP contribution in [0.4, 0.5) is 0 Å². The summed E-state index contributed by atoms with van der Waals surface area (Å²) in [5.74, 6) is 1.04. The molecule has 0 radical (unpaired) electrons. The van der Waals surface area contributed by atoms with Gasteiger partial charge in [0.2, 0.25) is 0 Å². The van der Waals surface area contributed by atoms with E-state index in [0.29, 0.717) is 11.5 Å². The number of benzene rings is 2. The van der Waals surface area contributed by atoms with E-state index in [2.05, 4.69) is 29.2 Å². The van der Waals surface area contributed by atoms with Crippen molar-refractivity contribution in [3.8, 4) is 5.69 Å². The van der Waals surface area contributed by atoms with Gasteiger partial charge in [0.15, 0.2) is 0 Å². The molecule has 2 aromatic heterocycles. The number of amides is 1. The molecule has 6 nitrogen and oxygen atoms in total. The highest BCUT2D eigenvalue weighted by molar-refractivity contribution is 5.95. The molecule has 0 spiro atoms. The Labute approximate surface area is 170 Å². The summed E-state index contributed by atoms with van der Waals surface area (Å²) in [6, 6.07) is 17.5. The molecule has 1 unspecified atom stereocenters. The Kier molecular flexibility index (Phi) is 5.16. The molecular weight excluding hydrogens is 362 g/mol. The van der Waals surface area contributed by atoms with Crippen LogP contribution in [-0.4, -0.2) is 25.7 Å². The van der Waals surface area contributed by atoms with Gasteiger partial charge in [-0.2, -0.15) is 5.10 Å². The molecule has 6 heteroatoms. The Morgan fingerprint density at radius 3 is 2.55 bits per heavy atom. The normalized spacial score (nSPS) is 12.4. The SMILES string of the molecule is Cc1c(C(=O)NC(CC(C)C)c2nc3ccccc3[nH]2)cnn1-c1ccccc1. The zero-order valence-corrected chi connectivity index (χ0v) is 16.9. The van der Waals surface area contributed by atoms with Crippen LogP contribution >= 0.6 is 0 Å². The number of imidazole rings is 1. The summed E-state index contributed by atoms with van der Waals surface area (Å²) in [5.41, 5.74) is 4.18. The van der Waals surface area contributed by atoms with Crippen molar-refractivity contribution in [3.63, 3.8) is 0 Å². The predicted molar refractivity (Wildman–Crippen MR) is 114 cm³/mol. The Morgan fingerprint density at radius 1 is 1.10 bits per heavy atom. The zero-order valence-electron chi connectivity index (χ0n) is 16.9. The summed E-state index contributed by atoms with van der Waals surface area (Å²) in [5, 5.41) is 7.58. The van der Waals surface area contributed by atoms with E-state index < -0.39 is 0 Å². The standard InChI is InChI=1S/C23H25N5O/c1-15(2)13-21(22-25-19-11-7-8-12-20(19)26-22)27-23(29)18-14-24-28(16(18)3)17-9-5-4-6-10-17/h4-12,14-15,21H,13H2,1-3H3,(H,25,26)(H,27,29). The molecular formula is C23H25N5O. The lowest BCUT2D eigenvalue weighted by Gasteiger charge is -2.18. The van der Waals surface area contributed by atoms with Crippen LogP contribution < -0.4 is 5.32 Å². The van der Waals surface area contributed by atoms with Crippen molar-refractivity contribution in [2.24, 2.45) is 5.92 Å². The third-order valence-corrected chi connectivity index (χ3v) is 5.01. The molecule has 0 saturated heterocycles.